The number of carbonyl (C=O) groups excluding carboxylic acids is 1. The van der Waals surface area contributed by atoms with E-state index >= 15 is 0 Å². The quantitative estimate of drug-likeness (QED) is 0.871. The first-order chi connectivity index (χ1) is 8.80. The molecule has 0 aromatic carbocycles. The number of hydrogen-bond acceptors (Lipinski definition) is 4. The average Bonchev–Trinajstić information content (AvgIpc) is 2.71. The zero-order valence-corrected chi connectivity index (χ0v) is 13.4. The van der Waals surface area contributed by atoms with Crippen molar-refractivity contribution < 1.29 is 9.00 Å². The summed E-state index contributed by atoms with van der Waals surface area (Å²) in [6, 6.07) is -0.237. The highest BCUT2D eigenvalue weighted by Gasteiger charge is 2.18. The summed E-state index contributed by atoms with van der Waals surface area (Å²) in [4.78, 5) is 16.7. The number of aryl methyl sites for hydroxylation is 1. The Morgan fingerprint density at radius 2 is 2.11 bits per heavy atom. The van der Waals surface area contributed by atoms with E-state index in [4.69, 9.17) is 0 Å². The topological polar surface area (TPSA) is 71.1 Å². The lowest BCUT2D eigenvalue weighted by Gasteiger charge is -2.17. The highest BCUT2D eigenvalue weighted by molar-refractivity contribution is 7.86. The maximum atomic E-state index is 11.8. The minimum Gasteiger partial charge on any atom is -0.337 e. The third-order valence-electron chi connectivity index (χ3n) is 2.51. The van der Waals surface area contributed by atoms with Crippen LogP contribution in [-0.2, 0) is 17.3 Å². The van der Waals surface area contributed by atoms with Crippen LogP contribution in [0.25, 0.3) is 0 Å². The summed E-state index contributed by atoms with van der Waals surface area (Å²) in [5.41, 5.74) is 2.70. The molecule has 108 valence electrons. The molecule has 0 spiro atoms. The number of aromatic nitrogens is 1. The van der Waals surface area contributed by atoms with Gasteiger partial charge in [-0.2, -0.15) is 0 Å². The Morgan fingerprint density at radius 3 is 2.63 bits per heavy atom. The van der Waals surface area contributed by atoms with Crippen molar-refractivity contribution in [1.82, 2.24) is 15.6 Å². The van der Waals surface area contributed by atoms with Gasteiger partial charge in [0.15, 0.2) is 0 Å². The summed E-state index contributed by atoms with van der Waals surface area (Å²) < 4.78 is 11.5. The first-order valence-electron chi connectivity index (χ1n) is 6.10. The van der Waals surface area contributed by atoms with Gasteiger partial charge in [0.25, 0.3) is 0 Å². The van der Waals surface area contributed by atoms with Crippen molar-refractivity contribution in [1.29, 1.82) is 0 Å². The lowest BCUT2D eigenvalue weighted by Crippen LogP contribution is -2.38. The summed E-state index contributed by atoms with van der Waals surface area (Å²) in [6.45, 7) is 8.58. The van der Waals surface area contributed by atoms with Gasteiger partial charge < -0.3 is 10.6 Å². The first-order valence-corrected chi connectivity index (χ1v) is 8.29. The monoisotopic (exact) mass is 303 g/mol. The van der Waals surface area contributed by atoms with Gasteiger partial charge in [-0.15, -0.1) is 11.3 Å². The second-order valence-electron chi connectivity index (χ2n) is 5.13. The van der Waals surface area contributed by atoms with Gasteiger partial charge in [-0.3, -0.25) is 4.21 Å². The van der Waals surface area contributed by atoms with Gasteiger partial charge in [0.2, 0.25) is 0 Å². The van der Waals surface area contributed by atoms with Crippen LogP contribution in [0.4, 0.5) is 4.79 Å². The van der Waals surface area contributed by atoms with E-state index in [0.29, 0.717) is 18.8 Å². The molecule has 1 aromatic rings. The maximum Gasteiger partial charge on any atom is 0.315 e. The molecule has 0 unspecified atom stereocenters. The van der Waals surface area contributed by atoms with E-state index in [1.807, 2.05) is 27.7 Å². The molecule has 1 aromatic heterocycles. The smallest absolute Gasteiger partial charge is 0.315 e. The lowest BCUT2D eigenvalue weighted by molar-refractivity contribution is 0.241. The lowest BCUT2D eigenvalue weighted by atomic mass is 10.3. The van der Waals surface area contributed by atoms with E-state index in [2.05, 4.69) is 15.6 Å². The fourth-order valence-electron chi connectivity index (χ4n) is 1.28. The zero-order valence-electron chi connectivity index (χ0n) is 11.8. The van der Waals surface area contributed by atoms with Crippen molar-refractivity contribution in [3.05, 3.63) is 16.1 Å². The van der Waals surface area contributed by atoms with Crippen LogP contribution < -0.4 is 10.6 Å². The van der Waals surface area contributed by atoms with Crippen molar-refractivity contribution >= 4 is 28.2 Å². The Morgan fingerprint density at radius 1 is 1.42 bits per heavy atom. The number of thiazole rings is 1. The maximum absolute atomic E-state index is 11.8. The third kappa shape index (κ3) is 5.69. The molecular formula is C12H21N3O2S2. The molecule has 0 saturated carbocycles. The second kappa shape index (κ2) is 7.00. The predicted octanol–water partition coefficient (Wildman–Crippen LogP) is 1.80. The molecule has 2 amide bonds. The van der Waals surface area contributed by atoms with Gasteiger partial charge in [-0.25, -0.2) is 9.78 Å². The third-order valence-corrected chi connectivity index (χ3v) is 5.39. The highest BCUT2D eigenvalue weighted by atomic mass is 32.2. The molecule has 1 heterocycles. The number of nitrogens with zero attached hydrogens (tertiary/aromatic N) is 1. The minimum atomic E-state index is -0.941. The van der Waals surface area contributed by atoms with Crippen molar-refractivity contribution in [2.45, 2.75) is 39.0 Å². The summed E-state index contributed by atoms with van der Waals surface area (Å²) in [6.07, 6.45) is 0. The van der Waals surface area contributed by atoms with Crippen LogP contribution >= 0.6 is 11.3 Å². The van der Waals surface area contributed by atoms with Gasteiger partial charge in [0.1, 0.15) is 0 Å². The van der Waals surface area contributed by atoms with Gasteiger partial charge in [-0.05, 0) is 27.7 Å². The van der Waals surface area contributed by atoms with E-state index in [1.165, 1.54) is 11.3 Å². The van der Waals surface area contributed by atoms with E-state index in [1.54, 1.807) is 5.51 Å². The fourth-order valence-corrected chi connectivity index (χ4v) is 2.90. The molecule has 7 heteroatoms. The number of amides is 2. The SMILES string of the molecule is Cc1ncsc1CNC(=O)NCC[S@@](=O)C(C)(C)C. The van der Waals surface area contributed by atoms with E-state index in [9.17, 15) is 9.00 Å². The number of nitrogens with one attached hydrogen (secondary N) is 2. The number of hydrogen-bond donors (Lipinski definition) is 2. The summed E-state index contributed by atoms with van der Waals surface area (Å²) >= 11 is 1.52. The van der Waals surface area contributed by atoms with Gasteiger partial charge in [0, 0.05) is 32.7 Å². The van der Waals surface area contributed by atoms with Crippen molar-refractivity contribution in [2.24, 2.45) is 0 Å². The van der Waals surface area contributed by atoms with Gasteiger partial charge >= 0.3 is 6.03 Å². The Hall–Kier alpha value is -0.950. The molecule has 1 atom stereocenters. The number of rotatable bonds is 5. The Balaban J connectivity index is 2.22. The van der Waals surface area contributed by atoms with Gasteiger partial charge in [-0.1, -0.05) is 0 Å². The summed E-state index contributed by atoms with van der Waals surface area (Å²) in [5.74, 6) is 0.469. The van der Waals surface area contributed by atoms with Gasteiger partial charge in [0.05, 0.1) is 17.7 Å². The van der Waals surface area contributed by atoms with E-state index in [-0.39, 0.29) is 10.8 Å². The Bertz CT molecular complexity index is 452. The summed E-state index contributed by atoms with van der Waals surface area (Å²) in [5, 5.41) is 5.47. The first kappa shape index (κ1) is 16.1. The molecule has 0 bridgehead atoms. The van der Waals surface area contributed by atoms with Crippen LogP contribution in [-0.4, -0.2) is 32.3 Å². The predicted molar refractivity (Wildman–Crippen MR) is 79.9 cm³/mol. The van der Waals surface area contributed by atoms with Crippen molar-refractivity contribution in [2.75, 3.05) is 12.3 Å². The van der Waals surface area contributed by atoms with Crippen LogP contribution in [0.1, 0.15) is 31.3 Å². The normalized spacial score (nSPS) is 13.1. The fraction of sp³-hybridized carbons (Fsp3) is 0.667. The van der Waals surface area contributed by atoms with E-state index < -0.39 is 10.8 Å². The zero-order chi connectivity index (χ0) is 14.5. The summed E-state index contributed by atoms with van der Waals surface area (Å²) in [7, 11) is -0.941. The number of carbonyl (C=O) groups is 1. The van der Waals surface area contributed by atoms with E-state index in [0.717, 1.165) is 10.6 Å². The molecule has 0 aliphatic rings. The molecule has 0 aliphatic heterocycles. The van der Waals surface area contributed by atoms with Crippen LogP contribution in [0.2, 0.25) is 0 Å². The molecule has 5 nitrogen and oxygen atoms in total. The molecule has 1 rings (SSSR count). The number of urea groups is 1. The second-order valence-corrected chi connectivity index (χ2v) is 8.40. The van der Waals surface area contributed by atoms with Crippen molar-refractivity contribution in [3.8, 4) is 0 Å². The molecular weight excluding hydrogens is 282 g/mol. The molecule has 0 fully saturated rings. The molecule has 0 radical (unpaired) electrons. The molecule has 2 N–H and O–H groups in total. The van der Waals surface area contributed by atoms with Crippen LogP contribution in [0, 0.1) is 6.92 Å². The Kier molecular flexibility index (Phi) is 5.93. The Labute approximate surface area is 120 Å². The minimum absolute atomic E-state index is 0.237. The van der Waals surface area contributed by atoms with Crippen LogP contribution in [0.15, 0.2) is 5.51 Å². The molecule has 19 heavy (non-hydrogen) atoms. The van der Waals surface area contributed by atoms with Crippen LogP contribution in [0.3, 0.4) is 0 Å². The molecule has 0 aliphatic carbocycles. The highest BCUT2D eigenvalue weighted by Crippen LogP contribution is 2.11. The largest absolute Gasteiger partial charge is 0.337 e. The van der Waals surface area contributed by atoms with Crippen LogP contribution in [0.5, 0.6) is 0 Å². The average molecular weight is 303 g/mol. The standard InChI is InChI=1S/C12H21N3O2S2/c1-9-10(18-8-15-9)7-14-11(16)13-5-6-19(17)12(2,3)4/h8H,5-7H2,1-4H3,(H2,13,14,16)/t19-/m1/s1. The molecule has 0 saturated heterocycles. The van der Waals surface area contributed by atoms with Crippen molar-refractivity contribution in [3.63, 3.8) is 0 Å².